The first-order chi connectivity index (χ1) is 11.4. The van der Waals surface area contributed by atoms with Crippen LogP contribution < -0.4 is 5.19 Å². The molecule has 1 aromatic rings. The predicted octanol–water partition coefficient (Wildman–Crippen LogP) is 4.50. The largest absolute Gasteiger partial charge is 0.373 e. The van der Waals surface area contributed by atoms with Crippen LogP contribution in [-0.2, 0) is 9.78 Å². The van der Waals surface area contributed by atoms with Gasteiger partial charge in [0.25, 0.3) is 0 Å². The van der Waals surface area contributed by atoms with Gasteiger partial charge in [-0.15, -0.1) is 13.2 Å². The number of carbonyl (C=O) groups is 1. The molecule has 129 valence electrons. The van der Waals surface area contributed by atoms with Gasteiger partial charge in [-0.2, -0.15) is 4.89 Å². The normalized spacial score (nSPS) is 22.0. The summed E-state index contributed by atoms with van der Waals surface area (Å²) in [5, 5.41) is 1.16. The Morgan fingerprint density at radius 2 is 1.83 bits per heavy atom. The van der Waals surface area contributed by atoms with Crippen LogP contribution >= 0.6 is 0 Å². The lowest BCUT2D eigenvalue weighted by Gasteiger charge is -2.31. The van der Waals surface area contributed by atoms with Crippen molar-refractivity contribution >= 4 is 19.2 Å². The highest BCUT2D eigenvalue weighted by Gasteiger charge is 2.31. The van der Waals surface area contributed by atoms with Gasteiger partial charge >= 0.3 is 5.97 Å². The Labute approximate surface area is 146 Å². The highest BCUT2D eigenvalue weighted by molar-refractivity contribution is 6.98. The molecule has 3 nitrogen and oxygen atoms in total. The predicted molar refractivity (Wildman–Crippen MR) is 100 cm³/mol. The molecule has 0 N–H and O–H groups in total. The lowest BCUT2D eigenvalue weighted by molar-refractivity contribution is -0.248. The molecule has 1 aliphatic rings. The molecular weight excluding hydrogens is 316 g/mol. The monoisotopic (exact) mass is 343 g/mol. The van der Waals surface area contributed by atoms with Crippen LogP contribution in [0.4, 0.5) is 0 Å². The molecule has 24 heavy (non-hydrogen) atoms. The molecule has 1 aliphatic carbocycles. The summed E-state index contributed by atoms with van der Waals surface area (Å²) in [5.41, 5.74) is 4.43. The summed E-state index contributed by atoms with van der Waals surface area (Å²) >= 11 is 0. The van der Waals surface area contributed by atoms with E-state index in [-0.39, 0.29) is 0 Å². The molecule has 1 fully saturated rings. The average molecular weight is 344 g/mol. The minimum Gasteiger partial charge on any atom is -0.292 e. The summed E-state index contributed by atoms with van der Waals surface area (Å²) in [6.07, 6.45) is 4.01. The summed E-state index contributed by atoms with van der Waals surface area (Å²) in [5.74, 6) is 0.424. The van der Waals surface area contributed by atoms with Gasteiger partial charge in [-0.1, -0.05) is 62.0 Å². The average Bonchev–Trinajstić information content (AvgIpc) is 2.62. The first-order valence-electron chi connectivity index (χ1n) is 8.53. The minimum atomic E-state index is -1.85. The van der Waals surface area contributed by atoms with Crippen molar-refractivity contribution in [2.75, 3.05) is 0 Å². The Balaban J connectivity index is 1.98. The molecule has 0 bridgehead atoms. The second kappa shape index (κ2) is 7.95. The van der Waals surface area contributed by atoms with E-state index in [4.69, 9.17) is 9.78 Å². The maximum atomic E-state index is 12.2. The molecule has 2 atom stereocenters. The summed E-state index contributed by atoms with van der Waals surface area (Å²) in [7, 11) is -1.85. The van der Waals surface area contributed by atoms with E-state index in [1.54, 1.807) is 12.1 Å². The van der Waals surface area contributed by atoms with Gasteiger partial charge in [-0.05, 0) is 30.4 Å². The van der Waals surface area contributed by atoms with Gasteiger partial charge < -0.3 is 0 Å². The fraction of sp³-hybridized carbons (Fsp3) is 0.400. The van der Waals surface area contributed by atoms with Gasteiger partial charge in [0.1, 0.15) is 8.07 Å². The molecule has 0 heterocycles. The van der Waals surface area contributed by atoms with E-state index in [2.05, 4.69) is 33.6 Å². The summed E-state index contributed by atoms with van der Waals surface area (Å²) < 4.78 is 0. The molecule has 1 aromatic carbocycles. The van der Waals surface area contributed by atoms with Crippen molar-refractivity contribution in [2.45, 2.75) is 39.7 Å². The first kappa shape index (κ1) is 18.7. The van der Waals surface area contributed by atoms with Crippen LogP contribution in [0.3, 0.4) is 0 Å². The van der Waals surface area contributed by atoms with Crippen molar-refractivity contribution in [3.8, 4) is 0 Å². The second-order valence-electron chi connectivity index (χ2n) is 6.85. The van der Waals surface area contributed by atoms with E-state index in [0.29, 0.717) is 17.4 Å². The highest BCUT2D eigenvalue weighted by Crippen LogP contribution is 2.36. The van der Waals surface area contributed by atoms with Crippen molar-refractivity contribution in [3.05, 3.63) is 60.5 Å². The number of hydrogen-bond donors (Lipinski definition) is 0. The van der Waals surface area contributed by atoms with Crippen LogP contribution in [0, 0.1) is 17.9 Å². The molecular formula is C20H27O3Si. The summed E-state index contributed by atoms with van der Waals surface area (Å²) in [6, 6.07) is 7.45. The van der Waals surface area contributed by atoms with Crippen LogP contribution in [0.25, 0.3) is 0 Å². The number of rotatable bonds is 6. The molecule has 2 unspecified atom stereocenters. The molecule has 4 heteroatoms. The highest BCUT2D eigenvalue weighted by atomic mass is 28.3. The number of hydrogen-bond acceptors (Lipinski definition) is 3. The van der Waals surface area contributed by atoms with Crippen LogP contribution in [0.1, 0.15) is 43.5 Å². The Morgan fingerprint density at radius 1 is 1.21 bits per heavy atom. The minimum absolute atomic E-state index is 0.320. The van der Waals surface area contributed by atoms with E-state index in [9.17, 15) is 4.79 Å². The first-order valence-corrected chi connectivity index (χ1v) is 11.2. The van der Waals surface area contributed by atoms with E-state index >= 15 is 0 Å². The summed E-state index contributed by atoms with van der Waals surface area (Å²) in [4.78, 5) is 22.6. The van der Waals surface area contributed by atoms with Crippen LogP contribution in [0.2, 0.25) is 6.55 Å². The van der Waals surface area contributed by atoms with Gasteiger partial charge in [0, 0.05) is 0 Å². The summed E-state index contributed by atoms with van der Waals surface area (Å²) in [6.45, 7) is 14.3. The Morgan fingerprint density at radius 3 is 2.42 bits per heavy atom. The van der Waals surface area contributed by atoms with Crippen molar-refractivity contribution in [1.82, 2.24) is 0 Å². The lowest BCUT2D eigenvalue weighted by Crippen LogP contribution is -2.40. The van der Waals surface area contributed by atoms with Gasteiger partial charge in [-0.25, -0.2) is 4.79 Å². The molecule has 0 aliphatic heterocycles. The maximum Gasteiger partial charge on any atom is 0.373 e. The van der Waals surface area contributed by atoms with E-state index in [1.165, 1.54) is 6.42 Å². The molecule has 1 saturated carbocycles. The number of benzene rings is 1. The SMILES string of the molecule is C=C[Si](C)(C=C)c1ccc(C(=O)OO[C]2CCCC(C)C2C)cc1. The molecule has 0 aromatic heterocycles. The molecule has 0 saturated heterocycles. The third kappa shape index (κ3) is 4.05. The van der Waals surface area contributed by atoms with E-state index < -0.39 is 14.0 Å². The van der Waals surface area contributed by atoms with Crippen molar-refractivity contribution in [3.63, 3.8) is 0 Å². The Hall–Kier alpha value is -1.65. The van der Waals surface area contributed by atoms with Crippen LogP contribution in [-0.4, -0.2) is 14.0 Å². The van der Waals surface area contributed by atoms with Crippen molar-refractivity contribution in [2.24, 2.45) is 11.8 Å². The van der Waals surface area contributed by atoms with Crippen LogP contribution in [0.15, 0.2) is 48.8 Å². The Kier molecular flexibility index (Phi) is 6.19. The van der Waals surface area contributed by atoms with E-state index in [1.807, 2.05) is 23.5 Å². The molecule has 0 amide bonds. The standard InChI is InChI=1S/C20H27O3Si/c1-6-24(5,7-2)18-13-11-17(12-14-18)20(21)23-22-19-10-8-9-15(3)16(19)4/h6-7,11-16H,1-2,8-10H2,3-5H3. The quantitative estimate of drug-likeness (QED) is 0.433. The smallest absolute Gasteiger partial charge is 0.292 e. The zero-order chi connectivity index (χ0) is 17.7. The second-order valence-corrected chi connectivity index (χ2v) is 10.8. The third-order valence-electron chi connectivity index (χ3n) is 5.26. The lowest BCUT2D eigenvalue weighted by atomic mass is 9.80. The van der Waals surface area contributed by atoms with Gasteiger partial charge in [-0.3, -0.25) is 4.89 Å². The number of carbonyl (C=O) groups excluding carboxylic acids is 1. The van der Waals surface area contributed by atoms with E-state index in [0.717, 1.165) is 24.1 Å². The van der Waals surface area contributed by atoms with Crippen LogP contribution in [0.5, 0.6) is 0 Å². The fourth-order valence-electron chi connectivity index (χ4n) is 2.93. The fourth-order valence-corrected chi connectivity index (χ4v) is 4.46. The Bertz CT molecular complexity index is 585. The maximum absolute atomic E-state index is 12.2. The van der Waals surface area contributed by atoms with Gasteiger partial charge in [0.05, 0.1) is 5.56 Å². The van der Waals surface area contributed by atoms with Crippen molar-refractivity contribution < 1.29 is 14.6 Å². The van der Waals surface area contributed by atoms with Gasteiger partial charge in [0.2, 0.25) is 0 Å². The van der Waals surface area contributed by atoms with Gasteiger partial charge in [0.15, 0.2) is 6.10 Å². The third-order valence-corrected chi connectivity index (χ3v) is 8.53. The zero-order valence-corrected chi connectivity index (χ0v) is 15.9. The zero-order valence-electron chi connectivity index (χ0n) is 14.9. The van der Waals surface area contributed by atoms with Crippen molar-refractivity contribution in [1.29, 1.82) is 0 Å². The molecule has 2 rings (SSSR count). The molecule has 0 spiro atoms. The topological polar surface area (TPSA) is 35.5 Å². The molecule has 1 radical (unpaired) electrons.